The SMILES string of the molecule is CCOc1ccc([C@@H]2C(C(=O)OC(C)C)=C(C)N=c3s/c(=C\c4ccc(OC(F)F)cc4)c(=O)n32)cc1. The minimum Gasteiger partial charge on any atom is -0.494 e. The Balaban J connectivity index is 1.83. The number of thiazole rings is 1. The summed E-state index contributed by atoms with van der Waals surface area (Å²) in [5.41, 5.74) is 1.74. The molecule has 0 amide bonds. The van der Waals surface area contributed by atoms with Gasteiger partial charge in [0, 0.05) is 0 Å². The van der Waals surface area contributed by atoms with Crippen LogP contribution in [0.3, 0.4) is 0 Å². The second kappa shape index (κ2) is 11.1. The zero-order valence-corrected chi connectivity index (χ0v) is 21.6. The highest BCUT2D eigenvalue weighted by Crippen LogP contribution is 2.32. The minimum atomic E-state index is -2.92. The molecule has 4 rings (SSSR count). The molecule has 2 aromatic carbocycles. The number of benzene rings is 2. The molecule has 0 unspecified atom stereocenters. The number of allylic oxidation sites excluding steroid dienone is 1. The summed E-state index contributed by atoms with van der Waals surface area (Å²) in [7, 11) is 0. The van der Waals surface area contributed by atoms with Gasteiger partial charge in [0.25, 0.3) is 5.56 Å². The second-order valence-corrected chi connectivity index (χ2v) is 9.49. The summed E-state index contributed by atoms with van der Waals surface area (Å²) in [5.74, 6) is 0.150. The predicted octanol–water partition coefficient (Wildman–Crippen LogP) is 4.19. The molecular formula is C27H26F2N2O5S. The van der Waals surface area contributed by atoms with Gasteiger partial charge in [-0.3, -0.25) is 9.36 Å². The van der Waals surface area contributed by atoms with Crippen LogP contribution in [0.1, 0.15) is 44.9 Å². The van der Waals surface area contributed by atoms with Crippen molar-refractivity contribution in [3.05, 3.63) is 90.6 Å². The maximum Gasteiger partial charge on any atom is 0.387 e. The largest absolute Gasteiger partial charge is 0.494 e. The number of fused-ring (bicyclic) bond motifs is 1. The summed E-state index contributed by atoms with van der Waals surface area (Å²) < 4.78 is 42.2. The van der Waals surface area contributed by atoms with Crippen molar-refractivity contribution in [2.45, 2.75) is 46.5 Å². The summed E-state index contributed by atoms with van der Waals surface area (Å²) in [6.07, 6.45) is 1.30. The van der Waals surface area contributed by atoms with E-state index in [0.29, 0.717) is 38.5 Å². The third-order valence-corrected chi connectivity index (χ3v) is 6.48. The molecule has 0 bridgehead atoms. The topological polar surface area (TPSA) is 79.1 Å². The van der Waals surface area contributed by atoms with Gasteiger partial charge in [0.2, 0.25) is 0 Å². The fraction of sp³-hybridized carbons (Fsp3) is 0.296. The Kier molecular flexibility index (Phi) is 7.87. The van der Waals surface area contributed by atoms with Crippen molar-refractivity contribution in [1.29, 1.82) is 0 Å². The number of nitrogens with zero attached hydrogens (tertiary/aromatic N) is 2. The average molecular weight is 529 g/mol. The van der Waals surface area contributed by atoms with E-state index in [-0.39, 0.29) is 23.0 Å². The molecule has 2 heterocycles. The van der Waals surface area contributed by atoms with E-state index in [4.69, 9.17) is 9.47 Å². The van der Waals surface area contributed by atoms with Crippen molar-refractivity contribution in [3.8, 4) is 11.5 Å². The minimum absolute atomic E-state index is 0.0213. The highest BCUT2D eigenvalue weighted by atomic mass is 32.1. The van der Waals surface area contributed by atoms with Crippen LogP contribution in [-0.4, -0.2) is 29.9 Å². The molecule has 194 valence electrons. The van der Waals surface area contributed by atoms with E-state index in [1.165, 1.54) is 28.0 Å². The summed E-state index contributed by atoms with van der Waals surface area (Å²) in [6.45, 7) is 4.71. The first kappa shape index (κ1) is 26.3. The zero-order valence-electron chi connectivity index (χ0n) is 20.7. The first-order valence-electron chi connectivity index (χ1n) is 11.7. The number of esters is 1. The molecule has 0 spiro atoms. The number of hydrogen-bond acceptors (Lipinski definition) is 7. The molecule has 0 aliphatic carbocycles. The van der Waals surface area contributed by atoms with E-state index in [1.807, 2.05) is 19.1 Å². The molecule has 7 nitrogen and oxygen atoms in total. The van der Waals surface area contributed by atoms with E-state index >= 15 is 0 Å². The van der Waals surface area contributed by atoms with Crippen LogP contribution in [0.4, 0.5) is 8.78 Å². The smallest absolute Gasteiger partial charge is 0.387 e. The van der Waals surface area contributed by atoms with Gasteiger partial charge in [0.1, 0.15) is 11.5 Å². The van der Waals surface area contributed by atoms with Gasteiger partial charge >= 0.3 is 12.6 Å². The normalized spacial score (nSPS) is 15.6. The lowest BCUT2D eigenvalue weighted by molar-refractivity contribution is -0.143. The van der Waals surface area contributed by atoms with Crippen molar-refractivity contribution < 1.29 is 27.8 Å². The van der Waals surface area contributed by atoms with Crippen molar-refractivity contribution in [2.24, 2.45) is 4.99 Å². The average Bonchev–Trinajstić information content (AvgIpc) is 3.13. The van der Waals surface area contributed by atoms with Gasteiger partial charge in [0.15, 0.2) is 4.80 Å². The molecule has 0 radical (unpaired) electrons. The molecule has 0 saturated heterocycles. The Morgan fingerprint density at radius 2 is 1.76 bits per heavy atom. The number of halogens is 2. The maximum atomic E-state index is 13.6. The Hall–Kier alpha value is -3.79. The summed E-state index contributed by atoms with van der Waals surface area (Å²) in [6, 6.07) is 12.4. The van der Waals surface area contributed by atoms with E-state index in [1.54, 1.807) is 51.1 Å². The first-order valence-corrected chi connectivity index (χ1v) is 12.5. The third-order valence-electron chi connectivity index (χ3n) is 5.49. The van der Waals surface area contributed by atoms with Gasteiger partial charge in [-0.15, -0.1) is 0 Å². The van der Waals surface area contributed by atoms with Crippen molar-refractivity contribution in [3.63, 3.8) is 0 Å². The fourth-order valence-electron chi connectivity index (χ4n) is 3.99. The summed E-state index contributed by atoms with van der Waals surface area (Å²) in [5, 5.41) is 0. The highest BCUT2D eigenvalue weighted by molar-refractivity contribution is 7.07. The van der Waals surface area contributed by atoms with Crippen LogP contribution >= 0.6 is 11.3 Å². The Bertz CT molecular complexity index is 1490. The molecule has 1 aliphatic rings. The van der Waals surface area contributed by atoms with Crippen molar-refractivity contribution in [1.82, 2.24) is 4.57 Å². The standard InChI is InChI=1S/C27H26F2N2O5S/c1-5-34-19-12-8-18(9-13-19)23-22(25(33)35-15(2)3)16(4)30-27-31(23)24(32)21(37-27)14-17-6-10-20(11-7-17)36-26(28)29/h6-15,23,26H,5H2,1-4H3/b21-14-/t23-/m1/s1. The molecule has 1 aromatic heterocycles. The van der Waals surface area contributed by atoms with Crippen LogP contribution in [0.2, 0.25) is 0 Å². The lowest BCUT2D eigenvalue weighted by Crippen LogP contribution is -2.40. The molecule has 1 aliphatic heterocycles. The number of carbonyl (C=O) groups is 1. The number of hydrogen-bond donors (Lipinski definition) is 0. The quantitative estimate of drug-likeness (QED) is 0.410. The van der Waals surface area contributed by atoms with E-state index in [2.05, 4.69) is 9.73 Å². The lowest BCUT2D eigenvalue weighted by Gasteiger charge is -2.25. The van der Waals surface area contributed by atoms with Crippen molar-refractivity contribution in [2.75, 3.05) is 6.61 Å². The highest BCUT2D eigenvalue weighted by Gasteiger charge is 2.33. The van der Waals surface area contributed by atoms with E-state index < -0.39 is 18.6 Å². The second-order valence-electron chi connectivity index (χ2n) is 8.49. The number of ether oxygens (including phenoxy) is 3. The molecule has 0 N–H and O–H groups in total. The number of alkyl halides is 2. The monoisotopic (exact) mass is 528 g/mol. The Morgan fingerprint density at radius 1 is 1.11 bits per heavy atom. The molecule has 3 aromatic rings. The molecular weight excluding hydrogens is 502 g/mol. The summed E-state index contributed by atoms with van der Waals surface area (Å²) >= 11 is 1.18. The number of rotatable bonds is 8. The molecule has 37 heavy (non-hydrogen) atoms. The third kappa shape index (κ3) is 5.80. The van der Waals surface area contributed by atoms with Crippen LogP contribution < -0.4 is 24.4 Å². The maximum absolute atomic E-state index is 13.6. The van der Waals surface area contributed by atoms with Gasteiger partial charge in [-0.25, -0.2) is 9.79 Å². The van der Waals surface area contributed by atoms with Gasteiger partial charge in [-0.2, -0.15) is 8.78 Å². The Morgan fingerprint density at radius 3 is 2.35 bits per heavy atom. The molecule has 10 heteroatoms. The van der Waals surface area contributed by atoms with Crippen LogP contribution in [-0.2, 0) is 9.53 Å². The van der Waals surface area contributed by atoms with Gasteiger partial charge in [-0.05, 0) is 69.2 Å². The first-order chi connectivity index (χ1) is 17.7. The molecule has 0 saturated carbocycles. The number of carbonyl (C=O) groups excluding carboxylic acids is 1. The Labute approximate surface area is 215 Å². The van der Waals surface area contributed by atoms with Crippen LogP contribution in [0, 0.1) is 0 Å². The predicted molar refractivity (Wildman–Crippen MR) is 136 cm³/mol. The molecule has 0 fully saturated rings. The molecule has 1 atom stereocenters. The van der Waals surface area contributed by atoms with Gasteiger partial charge in [-0.1, -0.05) is 35.6 Å². The number of aromatic nitrogens is 1. The summed E-state index contributed by atoms with van der Waals surface area (Å²) in [4.78, 5) is 31.8. The lowest BCUT2D eigenvalue weighted by atomic mass is 9.96. The van der Waals surface area contributed by atoms with Crippen LogP contribution in [0.15, 0.2) is 69.6 Å². The van der Waals surface area contributed by atoms with Gasteiger partial charge < -0.3 is 14.2 Å². The zero-order chi connectivity index (χ0) is 26.7. The van der Waals surface area contributed by atoms with E-state index in [9.17, 15) is 18.4 Å². The van der Waals surface area contributed by atoms with Crippen molar-refractivity contribution >= 4 is 23.4 Å². The van der Waals surface area contributed by atoms with Gasteiger partial charge in [0.05, 0.1) is 34.6 Å². The van der Waals surface area contributed by atoms with Crippen LogP contribution in [0.5, 0.6) is 11.5 Å². The fourth-order valence-corrected chi connectivity index (χ4v) is 5.03. The van der Waals surface area contributed by atoms with E-state index in [0.717, 1.165) is 0 Å². The van der Waals surface area contributed by atoms with Crippen LogP contribution in [0.25, 0.3) is 6.08 Å².